The molecule has 0 aromatic rings. The summed E-state index contributed by atoms with van der Waals surface area (Å²) in [6, 6.07) is 0. The van der Waals surface area contributed by atoms with E-state index in [1.807, 2.05) is 0 Å². The van der Waals surface area contributed by atoms with E-state index >= 15 is 0 Å². The van der Waals surface area contributed by atoms with Gasteiger partial charge in [0, 0.05) is 0 Å². The number of hydrogen-bond donors (Lipinski definition) is 0. The van der Waals surface area contributed by atoms with Crippen LogP contribution in [0.15, 0.2) is 0 Å². The Morgan fingerprint density at radius 1 is 0.765 bits per heavy atom. The van der Waals surface area contributed by atoms with E-state index in [1.54, 1.807) is 38.5 Å². The highest BCUT2D eigenvalue weighted by molar-refractivity contribution is 5.18. The molecule has 0 spiro atoms. The van der Waals surface area contributed by atoms with Gasteiger partial charge >= 0.3 is 0 Å². The molecule has 7 saturated carbocycles. The molecule has 7 aliphatic carbocycles. The van der Waals surface area contributed by atoms with E-state index in [0.29, 0.717) is 0 Å². The molecular formula is C17H26. The molecule has 0 N–H and O–H groups in total. The van der Waals surface area contributed by atoms with Gasteiger partial charge in [-0.05, 0) is 91.3 Å². The molecule has 94 valence electrons. The van der Waals surface area contributed by atoms with Crippen LogP contribution >= 0.6 is 0 Å². The summed E-state index contributed by atoms with van der Waals surface area (Å²) in [5.74, 6) is 9.15. The second kappa shape index (κ2) is 2.78. The zero-order valence-corrected chi connectivity index (χ0v) is 11.4. The molecule has 0 aromatic heterocycles. The van der Waals surface area contributed by atoms with Crippen molar-refractivity contribution in [2.24, 2.45) is 52.8 Å². The van der Waals surface area contributed by atoms with Crippen LogP contribution in [0.1, 0.15) is 52.4 Å². The predicted octanol–water partition coefficient (Wildman–Crippen LogP) is 4.35. The Morgan fingerprint density at radius 3 is 1.94 bits per heavy atom. The highest BCUT2D eigenvalue weighted by Crippen LogP contribution is 2.77. The molecule has 8 bridgehead atoms. The van der Waals surface area contributed by atoms with Gasteiger partial charge in [-0.3, -0.25) is 0 Å². The van der Waals surface area contributed by atoms with E-state index in [1.165, 1.54) is 17.8 Å². The molecule has 0 aliphatic heterocycles. The molecule has 4 unspecified atom stereocenters. The molecule has 7 rings (SSSR count). The van der Waals surface area contributed by atoms with Crippen LogP contribution < -0.4 is 0 Å². The molecule has 0 radical (unpaired) electrons. The highest BCUT2D eigenvalue weighted by atomic mass is 14.7. The van der Waals surface area contributed by atoms with Crippen LogP contribution in [-0.4, -0.2) is 0 Å². The van der Waals surface area contributed by atoms with Crippen molar-refractivity contribution in [3.05, 3.63) is 0 Å². The third-order valence-electron chi connectivity index (χ3n) is 8.22. The fraction of sp³-hybridized carbons (Fsp3) is 1.00. The van der Waals surface area contributed by atoms with Crippen molar-refractivity contribution in [2.45, 2.75) is 52.4 Å². The minimum Gasteiger partial charge on any atom is -0.0622 e. The summed E-state index contributed by atoms with van der Waals surface area (Å²) in [6.45, 7) is 5.12. The molecule has 0 heterocycles. The first kappa shape index (κ1) is 9.87. The van der Waals surface area contributed by atoms with E-state index in [2.05, 4.69) is 13.8 Å². The molecule has 0 amide bonds. The van der Waals surface area contributed by atoms with Gasteiger partial charge in [0.25, 0.3) is 0 Å². The van der Waals surface area contributed by atoms with Gasteiger partial charge in [0.2, 0.25) is 0 Å². The van der Waals surface area contributed by atoms with Crippen LogP contribution in [0.25, 0.3) is 0 Å². The monoisotopic (exact) mass is 230 g/mol. The minimum atomic E-state index is 0.823. The molecule has 7 aliphatic rings. The maximum Gasteiger partial charge on any atom is -0.0210 e. The van der Waals surface area contributed by atoms with Gasteiger partial charge in [-0.1, -0.05) is 13.8 Å². The Balaban J connectivity index is 1.71. The van der Waals surface area contributed by atoms with E-state index < -0.39 is 0 Å². The summed E-state index contributed by atoms with van der Waals surface area (Å²) < 4.78 is 0. The lowest BCUT2D eigenvalue weighted by Gasteiger charge is -2.76. The molecular weight excluding hydrogens is 204 g/mol. The lowest BCUT2D eigenvalue weighted by Crippen LogP contribution is -2.69. The van der Waals surface area contributed by atoms with Crippen molar-refractivity contribution in [3.63, 3.8) is 0 Å². The zero-order chi connectivity index (χ0) is 11.4. The van der Waals surface area contributed by atoms with E-state index in [9.17, 15) is 0 Å². The molecule has 17 heavy (non-hydrogen) atoms. The average Bonchev–Trinajstić information content (AvgIpc) is 2.34. The summed E-state index contributed by atoms with van der Waals surface area (Å²) in [4.78, 5) is 0. The zero-order valence-electron chi connectivity index (χ0n) is 11.4. The van der Waals surface area contributed by atoms with Crippen molar-refractivity contribution < 1.29 is 0 Å². The fourth-order valence-electron chi connectivity index (χ4n) is 8.12. The highest BCUT2D eigenvalue weighted by Gasteiger charge is 2.70. The van der Waals surface area contributed by atoms with E-state index in [0.717, 1.165) is 35.0 Å². The Morgan fingerprint density at radius 2 is 1.35 bits per heavy atom. The SMILES string of the molecule is CC(C)C12CC3CC4C5CC(CC41)CC2C5C3. The minimum absolute atomic E-state index is 0.823. The van der Waals surface area contributed by atoms with Gasteiger partial charge in [0.15, 0.2) is 0 Å². The van der Waals surface area contributed by atoms with Crippen LogP contribution in [0.3, 0.4) is 0 Å². The van der Waals surface area contributed by atoms with Gasteiger partial charge in [-0.15, -0.1) is 0 Å². The van der Waals surface area contributed by atoms with Crippen molar-refractivity contribution in [2.75, 3.05) is 0 Å². The first-order chi connectivity index (χ1) is 8.20. The summed E-state index contributed by atoms with van der Waals surface area (Å²) in [7, 11) is 0. The van der Waals surface area contributed by atoms with Gasteiger partial charge < -0.3 is 0 Å². The van der Waals surface area contributed by atoms with Crippen molar-refractivity contribution in [3.8, 4) is 0 Å². The molecule has 7 fully saturated rings. The summed E-state index contributed by atoms with van der Waals surface area (Å²) in [6.07, 6.45) is 9.82. The van der Waals surface area contributed by atoms with Crippen molar-refractivity contribution >= 4 is 0 Å². The molecule has 0 saturated heterocycles. The molecule has 0 nitrogen and oxygen atoms in total. The topological polar surface area (TPSA) is 0 Å². The maximum atomic E-state index is 2.56. The second-order valence-electron chi connectivity index (χ2n) is 8.59. The summed E-state index contributed by atoms with van der Waals surface area (Å²) >= 11 is 0. The van der Waals surface area contributed by atoms with E-state index in [4.69, 9.17) is 0 Å². The van der Waals surface area contributed by atoms with Crippen LogP contribution in [0, 0.1) is 52.8 Å². The average molecular weight is 230 g/mol. The summed E-state index contributed by atoms with van der Waals surface area (Å²) in [5.41, 5.74) is 0.823. The first-order valence-electron chi connectivity index (χ1n) is 8.20. The third-order valence-corrected chi connectivity index (χ3v) is 8.22. The van der Waals surface area contributed by atoms with Crippen LogP contribution in [0.5, 0.6) is 0 Å². The Hall–Kier alpha value is 0. The van der Waals surface area contributed by atoms with Crippen LogP contribution in [-0.2, 0) is 0 Å². The van der Waals surface area contributed by atoms with Gasteiger partial charge in [0.1, 0.15) is 0 Å². The van der Waals surface area contributed by atoms with Crippen LogP contribution in [0.4, 0.5) is 0 Å². The number of hydrogen-bond acceptors (Lipinski definition) is 0. The first-order valence-corrected chi connectivity index (χ1v) is 8.20. The summed E-state index contributed by atoms with van der Waals surface area (Å²) in [5, 5.41) is 0. The Labute approximate surface area is 106 Å². The lowest BCUT2D eigenvalue weighted by atomic mass is 9.29. The third kappa shape index (κ3) is 0.901. The smallest absolute Gasteiger partial charge is 0.0210 e. The second-order valence-corrected chi connectivity index (χ2v) is 8.59. The maximum absolute atomic E-state index is 2.56. The van der Waals surface area contributed by atoms with E-state index in [-0.39, 0.29) is 0 Å². The number of rotatable bonds is 1. The molecule has 4 atom stereocenters. The van der Waals surface area contributed by atoms with Gasteiger partial charge in [-0.25, -0.2) is 0 Å². The molecule has 0 aromatic carbocycles. The largest absolute Gasteiger partial charge is 0.0622 e. The standard InChI is InChI=1S/C17H26/c1-9(2)17-8-11-4-13-12-3-10(6-15(13)17)7-16(17)14(12)5-11/h9-16H,3-8H2,1-2H3. The Bertz CT molecular complexity index is 344. The predicted molar refractivity (Wildman–Crippen MR) is 69.4 cm³/mol. The quantitative estimate of drug-likeness (QED) is 0.628. The fourth-order valence-corrected chi connectivity index (χ4v) is 8.12. The van der Waals surface area contributed by atoms with Crippen molar-refractivity contribution in [1.82, 2.24) is 0 Å². The normalized spacial score (nSPS) is 66.2. The Kier molecular flexibility index (Phi) is 1.61. The lowest BCUT2D eigenvalue weighted by molar-refractivity contribution is -0.270. The van der Waals surface area contributed by atoms with Crippen molar-refractivity contribution in [1.29, 1.82) is 0 Å². The van der Waals surface area contributed by atoms with Gasteiger partial charge in [0.05, 0.1) is 0 Å². The molecule has 0 heteroatoms. The van der Waals surface area contributed by atoms with Crippen LogP contribution in [0.2, 0.25) is 0 Å². The van der Waals surface area contributed by atoms with Gasteiger partial charge in [-0.2, -0.15) is 0 Å².